The predicted molar refractivity (Wildman–Crippen MR) is 88.0 cm³/mol. The third-order valence-electron chi connectivity index (χ3n) is 5.03. The second-order valence-corrected chi connectivity index (χ2v) is 6.43. The van der Waals surface area contributed by atoms with Crippen LogP contribution < -0.4 is 5.73 Å². The second-order valence-electron chi connectivity index (χ2n) is 6.43. The molecule has 2 N–H and O–H groups in total. The molecule has 0 aromatic heterocycles. The van der Waals surface area contributed by atoms with Crippen molar-refractivity contribution in [2.24, 2.45) is 5.73 Å². The van der Waals surface area contributed by atoms with Crippen molar-refractivity contribution in [1.29, 1.82) is 0 Å². The predicted octanol–water partition coefficient (Wildman–Crippen LogP) is 3.45. The molecule has 1 aliphatic heterocycles. The van der Waals surface area contributed by atoms with E-state index in [1.165, 1.54) is 17.2 Å². The van der Waals surface area contributed by atoms with Gasteiger partial charge in [-0.2, -0.15) is 0 Å². The van der Waals surface area contributed by atoms with E-state index in [-0.39, 0.29) is 11.9 Å². The number of benzene rings is 2. The molecule has 2 aromatic carbocycles. The molecule has 1 heterocycles. The molecule has 0 saturated carbocycles. The summed E-state index contributed by atoms with van der Waals surface area (Å²) in [7, 11) is 0. The summed E-state index contributed by atoms with van der Waals surface area (Å²) in [6.45, 7) is 5.86. The first kappa shape index (κ1) is 15.2. The number of hydrogen-bond donors (Lipinski definition) is 1. The Kier molecular flexibility index (Phi) is 4.02. The van der Waals surface area contributed by atoms with Crippen LogP contribution in [0.3, 0.4) is 0 Å². The largest absolute Gasteiger partial charge is 0.320 e. The zero-order valence-corrected chi connectivity index (χ0v) is 13.2. The lowest BCUT2D eigenvalue weighted by molar-refractivity contribution is 0.124. The second kappa shape index (κ2) is 5.82. The maximum Gasteiger partial charge on any atom is 0.128 e. The van der Waals surface area contributed by atoms with Crippen molar-refractivity contribution in [2.45, 2.75) is 38.4 Å². The molecule has 1 aliphatic rings. The van der Waals surface area contributed by atoms with Crippen molar-refractivity contribution in [1.82, 2.24) is 4.90 Å². The van der Waals surface area contributed by atoms with Crippen molar-refractivity contribution in [3.63, 3.8) is 0 Å². The van der Waals surface area contributed by atoms with E-state index >= 15 is 0 Å². The molecule has 116 valence electrons. The lowest BCUT2D eigenvalue weighted by atomic mass is 9.84. The highest BCUT2D eigenvalue weighted by atomic mass is 19.1. The Morgan fingerprint density at radius 2 is 1.73 bits per heavy atom. The van der Waals surface area contributed by atoms with Gasteiger partial charge >= 0.3 is 0 Å². The van der Waals surface area contributed by atoms with Crippen LogP contribution in [0.25, 0.3) is 0 Å². The lowest BCUT2D eigenvalue weighted by Gasteiger charge is -2.42. The normalized spacial score (nSPS) is 19.3. The molecule has 0 aliphatic carbocycles. The van der Waals surface area contributed by atoms with Gasteiger partial charge in [-0.05, 0) is 37.5 Å². The molecular formula is C19H23FN2. The quantitative estimate of drug-likeness (QED) is 0.940. The van der Waals surface area contributed by atoms with Gasteiger partial charge in [0.25, 0.3) is 0 Å². The van der Waals surface area contributed by atoms with Crippen LogP contribution in [0.15, 0.2) is 48.5 Å². The summed E-state index contributed by atoms with van der Waals surface area (Å²) in [5.74, 6) is -0.225. The fraction of sp³-hybridized carbons (Fsp3) is 0.368. The van der Waals surface area contributed by atoms with Crippen molar-refractivity contribution in [3.8, 4) is 0 Å². The van der Waals surface area contributed by atoms with Crippen LogP contribution in [-0.4, -0.2) is 17.5 Å². The van der Waals surface area contributed by atoms with Crippen LogP contribution >= 0.6 is 0 Å². The summed E-state index contributed by atoms with van der Waals surface area (Å²) in [5.41, 5.74) is 9.18. The van der Waals surface area contributed by atoms with Crippen LogP contribution in [0.2, 0.25) is 0 Å². The molecule has 0 spiro atoms. The van der Waals surface area contributed by atoms with Gasteiger partial charge in [0.05, 0.1) is 5.54 Å². The zero-order valence-electron chi connectivity index (χ0n) is 13.2. The Labute approximate surface area is 131 Å². The van der Waals surface area contributed by atoms with Crippen LogP contribution in [0.4, 0.5) is 4.39 Å². The summed E-state index contributed by atoms with van der Waals surface area (Å²) in [4.78, 5) is 2.36. The Hall–Kier alpha value is -1.71. The van der Waals surface area contributed by atoms with Gasteiger partial charge in [-0.3, -0.25) is 4.90 Å². The van der Waals surface area contributed by atoms with Gasteiger partial charge in [-0.1, -0.05) is 42.5 Å². The maximum absolute atomic E-state index is 14.2. The van der Waals surface area contributed by atoms with E-state index < -0.39 is 5.54 Å². The SMILES string of the molecule is CC(N1CCc2ccccc2C1)C(C)(N)c1ccccc1F. The number of nitrogens with two attached hydrogens (primary N) is 1. The van der Waals surface area contributed by atoms with E-state index in [2.05, 4.69) is 36.1 Å². The first-order valence-electron chi connectivity index (χ1n) is 7.85. The van der Waals surface area contributed by atoms with Crippen molar-refractivity contribution < 1.29 is 4.39 Å². The number of halogens is 1. The average Bonchev–Trinajstić information content (AvgIpc) is 2.54. The lowest BCUT2D eigenvalue weighted by Crippen LogP contribution is -2.54. The third-order valence-corrected chi connectivity index (χ3v) is 5.03. The molecule has 2 atom stereocenters. The van der Waals surface area contributed by atoms with E-state index in [9.17, 15) is 4.39 Å². The molecule has 0 fully saturated rings. The maximum atomic E-state index is 14.2. The highest BCUT2D eigenvalue weighted by Gasteiger charge is 2.35. The molecule has 3 heteroatoms. The van der Waals surface area contributed by atoms with E-state index in [0.717, 1.165) is 19.5 Å². The Morgan fingerprint density at radius 3 is 2.45 bits per heavy atom. The Balaban J connectivity index is 1.85. The first-order valence-corrected chi connectivity index (χ1v) is 7.85. The number of nitrogens with zero attached hydrogens (tertiary/aromatic N) is 1. The first-order chi connectivity index (χ1) is 10.5. The zero-order chi connectivity index (χ0) is 15.7. The Bertz CT molecular complexity index is 666. The highest BCUT2D eigenvalue weighted by molar-refractivity contribution is 5.31. The molecular weight excluding hydrogens is 275 g/mol. The van der Waals surface area contributed by atoms with E-state index in [0.29, 0.717) is 5.56 Å². The smallest absolute Gasteiger partial charge is 0.128 e. The minimum absolute atomic E-state index is 0.0535. The van der Waals surface area contributed by atoms with Gasteiger partial charge < -0.3 is 5.73 Å². The summed E-state index contributed by atoms with van der Waals surface area (Å²) in [5, 5.41) is 0. The Morgan fingerprint density at radius 1 is 1.09 bits per heavy atom. The molecule has 0 bridgehead atoms. The summed E-state index contributed by atoms with van der Waals surface area (Å²) < 4.78 is 14.2. The van der Waals surface area contributed by atoms with Crippen molar-refractivity contribution in [3.05, 3.63) is 71.0 Å². The van der Waals surface area contributed by atoms with Gasteiger partial charge in [0.15, 0.2) is 0 Å². The topological polar surface area (TPSA) is 29.3 Å². The minimum atomic E-state index is -0.725. The van der Waals surface area contributed by atoms with Gasteiger partial charge in [0.1, 0.15) is 5.82 Å². The van der Waals surface area contributed by atoms with Crippen LogP contribution in [0.1, 0.15) is 30.5 Å². The van der Waals surface area contributed by atoms with Gasteiger partial charge in [-0.15, -0.1) is 0 Å². The molecule has 0 amide bonds. The van der Waals surface area contributed by atoms with Gasteiger partial charge in [0.2, 0.25) is 0 Å². The minimum Gasteiger partial charge on any atom is -0.320 e. The molecule has 0 radical (unpaired) electrons. The summed E-state index contributed by atoms with van der Waals surface area (Å²) in [6, 6.07) is 15.4. The van der Waals surface area contributed by atoms with Gasteiger partial charge in [-0.25, -0.2) is 4.39 Å². The molecule has 3 rings (SSSR count). The van der Waals surface area contributed by atoms with Gasteiger partial charge in [0, 0.05) is 24.7 Å². The number of hydrogen-bond acceptors (Lipinski definition) is 2. The van der Waals surface area contributed by atoms with Crippen LogP contribution in [0, 0.1) is 5.82 Å². The number of rotatable bonds is 3. The monoisotopic (exact) mass is 298 g/mol. The molecule has 2 unspecified atom stereocenters. The van der Waals surface area contributed by atoms with E-state index in [1.54, 1.807) is 12.1 Å². The summed E-state index contributed by atoms with van der Waals surface area (Å²) in [6.07, 6.45) is 1.02. The summed E-state index contributed by atoms with van der Waals surface area (Å²) >= 11 is 0. The average molecular weight is 298 g/mol. The van der Waals surface area contributed by atoms with Crippen molar-refractivity contribution >= 4 is 0 Å². The molecule has 2 nitrogen and oxygen atoms in total. The highest BCUT2D eigenvalue weighted by Crippen LogP contribution is 2.30. The number of fused-ring (bicyclic) bond motifs is 1. The molecule has 22 heavy (non-hydrogen) atoms. The molecule has 2 aromatic rings. The van der Waals surface area contributed by atoms with E-state index in [1.807, 2.05) is 13.0 Å². The fourth-order valence-corrected chi connectivity index (χ4v) is 3.35. The van der Waals surface area contributed by atoms with Crippen LogP contribution in [0.5, 0.6) is 0 Å². The van der Waals surface area contributed by atoms with Crippen LogP contribution in [-0.2, 0) is 18.5 Å². The standard InChI is InChI=1S/C19H23FN2/c1-14(19(2,21)17-9-5-6-10-18(17)20)22-12-11-15-7-3-4-8-16(15)13-22/h3-10,14H,11-13,21H2,1-2H3. The van der Waals surface area contributed by atoms with Crippen molar-refractivity contribution in [2.75, 3.05) is 6.54 Å². The third kappa shape index (κ3) is 2.67. The van der Waals surface area contributed by atoms with E-state index in [4.69, 9.17) is 5.73 Å². The fourth-order valence-electron chi connectivity index (χ4n) is 3.35. The molecule has 0 saturated heterocycles.